The molecule has 0 aromatic heterocycles. The first-order valence-corrected chi connectivity index (χ1v) is 7.79. The van der Waals surface area contributed by atoms with E-state index in [0.717, 1.165) is 19.3 Å². The van der Waals surface area contributed by atoms with Gasteiger partial charge in [0, 0.05) is 6.04 Å². The normalized spacial score (nSPS) is 30.0. The van der Waals surface area contributed by atoms with E-state index in [2.05, 4.69) is 11.9 Å². The molecule has 0 radical (unpaired) electrons. The first-order chi connectivity index (χ1) is 9.56. The van der Waals surface area contributed by atoms with Crippen LogP contribution in [-0.4, -0.2) is 34.8 Å². The summed E-state index contributed by atoms with van der Waals surface area (Å²) in [6, 6.07) is -0.657. The SMILES string of the molecule is C=CCC(C)N1C(=O)C(C2CCCCC2)NC(=O)C1C. The minimum Gasteiger partial charge on any atom is -0.342 e. The summed E-state index contributed by atoms with van der Waals surface area (Å²) in [4.78, 5) is 26.7. The van der Waals surface area contributed by atoms with E-state index in [1.807, 2.05) is 19.9 Å². The average molecular weight is 278 g/mol. The average Bonchev–Trinajstić information content (AvgIpc) is 2.44. The summed E-state index contributed by atoms with van der Waals surface area (Å²) in [7, 11) is 0. The van der Waals surface area contributed by atoms with Crippen LogP contribution in [0, 0.1) is 5.92 Å². The van der Waals surface area contributed by atoms with Crippen LogP contribution < -0.4 is 5.32 Å². The molecule has 4 nitrogen and oxygen atoms in total. The van der Waals surface area contributed by atoms with Gasteiger partial charge in [0.15, 0.2) is 0 Å². The largest absolute Gasteiger partial charge is 0.342 e. The van der Waals surface area contributed by atoms with E-state index in [1.165, 1.54) is 19.3 Å². The van der Waals surface area contributed by atoms with Crippen molar-refractivity contribution in [2.24, 2.45) is 5.92 Å². The van der Waals surface area contributed by atoms with Crippen molar-refractivity contribution < 1.29 is 9.59 Å². The summed E-state index contributed by atoms with van der Waals surface area (Å²) in [6.07, 6.45) is 8.22. The minimum absolute atomic E-state index is 0.0175. The van der Waals surface area contributed by atoms with Gasteiger partial charge in [-0.15, -0.1) is 6.58 Å². The maximum absolute atomic E-state index is 12.8. The smallest absolute Gasteiger partial charge is 0.246 e. The lowest BCUT2D eigenvalue weighted by atomic mass is 9.82. The summed E-state index contributed by atoms with van der Waals surface area (Å²) in [6.45, 7) is 7.54. The van der Waals surface area contributed by atoms with Crippen LogP contribution in [0.2, 0.25) is 0 Å². The third kappa shape index (κ3) is 2.89. The molecule has 1 aliphatic heterocycles. The summed E-state index contributed by atoms with van der Waals surface area (Å²) in [5.74, 6) is 0.389. The van der Waals surface area contributed by atoms with Crippen molar-refractivity contribution in [2.45, 2.75) is 70.5 Å². The number of nitrogens with one attached hydrogen (secondary N) is 1. The van der Waals surface area contributed by atoms with Gasteiger partial charge in [0.25, 0.3) is 0 Å². The van der Waals surface area contributed by atoms with E-state index in [9.17, 15) is 9.59 Å². The fourth-order valence-electron chi connectivity index (χ4n) is 3.55. The second-order valence-corrected chi connectivity index (χ2v) is 6.18. The number of carbonyl (C=O) groups excluding carboxylic acids is 2. The zero-order valence-electron chi connectivity index (χ0n) is 12.6. The molecule has 0 aromatic rings. The van der Waals surface area contributed by atoms with Gasteiger partial charge in [-0.2, -0.15) is 0 Å². The lowest BCUT2D eigenvalue weighted by Crippen LogP contribution is -2.66. The molecular formula is C16H26N2O2. The topological polar surface area (TPSA) is 49.4 Å². The van der Waals surface area contributed by atoms with Gasteiger partial charge >= 0.3 is 0 Å². The molecule has 1 aliphatic carbocycles. The lowest BCUT2D eigenvalue weighted by Gasteiger charge is -2.43. The lowest BCUT2D eigenvalue weighted by molar-refractivity contribution is -0.153. The molecule has 0 bridgehead atoms. The maximum atomic E-state index is 12.8. The maximum Gasteiger partial charge on any atom is 0.246 e. The second kappa shape index (κ2) is 6.42. The highest BCUT2D eigenvalue weighted by molar-refractivity contribution is 5.97. The van der Waals surface area contributed by atoms with E-state index in [0.29, 0.717) is 5.92 Å². The summed E-state index contributed by atoms with van der Waals surface area (Å²) in [5, 5.41) is 2.96. The Morgan fingerprint density at radius 1 is 1.35 bits per heavy atom. The molecule has 2 rings (SSSR count). The Bertz CT molecular complexity index is 388. The van der Waals surface area contributed by atoms with Gasteiger partial charge in [-0.1, -0.05) is 25.3 Å². The van der Waals surface area contributed by atoms with Crippen LogP contribution in [0.1, 0.15) is 52.4 Å². The molecular weight excluding hydrogens is 252 g/mol. The molecule has 1 saturated carbocycles. The van der Waals surface area contributed by atoms with E-state index in [4.69, 9.17) is 0 Å². The van der Waals surface area contributed by atoms with E-state index >= 15 is 0 Å². The predicted molar refractivity (Wildman–Crippen MR) is 79.1 cm³/mol. The van der Waals surface area contributed by atoms with Crippen molar-refractivity contribution in [3.63, 3.8) is 0 Å². The number of carbonyl (C=O) groups is 2. The van der Waals surface area contributed by atoms with Crippen molar-refractivity contribution in [3.8, 4) is 0 Å². The Balaban J connectivity index is 2.16. The van der Waals surface area contributed by atoms with Gasteiger partial charge in [-0.05, 0) is 39.0 Å². The highest BCUT2D eigenvalue weighted by atomic mass is 16.2. The molecule has 0 spiro atoms. The number of hydrogen-bond donors (Lipinski definition) is 1. The van der Waals surface area contributed by atoms with E-state index in [-0.39, 0.29) is 29.9 Å². The monoisotopic (exact) mass is 278 g/mol. The van der Waals surface area contributed by atoms with E-state index < -0.39 is 0 Å². The zero-order chi connectivity index (χ0) is 14.7. The van der Waals surface area contributed by atoms with Gasteiger partial charge < -0.3 is 10.2 Å². The van der Waals surface area contributed by atoms with Gasteiger partial charge in [0.1, 0.15) is 12.1 Å². The fourth-order valence-corrected chi connectivity index (χ4v) is 3.55. The molecule has 4 heteroatoms. The van der Waals surface area contributed by atoms with Crippen molar-refractivity contribution >= 4 is 11.8 Å². The number of nitrogens with zero attached hydrogens (tertiary/aromatic N) is 1. The van der Waals surface area contributed by atoms with Crippen molar-refractivity contribution in [2.75, 3.05) is 0 Å². The van der Waals surface area contributed by atoms with Crippen LogP contribution in [0.3, 0.4) is 0 Å². The highest BCUT2D eigenvalue weighted by Gasteiger charge is 2.43. The second-order valence-electron chi connectivity index (χ2n) is 6.18. The van der Waals surface area contributed by atoms with Gasteiger partial charge in [-0.3, -0.25) is 9.59 Å². The molecule has 1 N–H and O–H groups in total. The molecule has 3 atom stereocenters. The Kier molecular flexibility index (Phi) is 4.84. The molecule has 1 saturated heterocycles. The Morgan fingerprint density at radius 3 is 2.60 bits per heavy atom. The van der Waals surface area contributed by atoms with Gasteiger partial charge in [-0.25, -0.2) is 0 Å². The molecule has 0 aromatic carbocycles. The number of amides is 2. The van der Waals surface area contributed by atoms with Crippen LogP contribution in [0.25, 0.3) is 0 Å². The Labute approximate surface area is 121 Å². The van der Waals surface area contributed by atoms with Gasteiger partial charge in [0.05, 0.1) is 0 Å². The van der Waals surface area contributed by atoms with Crippen LogP contribution in [-0.2, 0) is 9.59 Å². The van der Waals surface area contributed by atoms with Crippen LogP contribution in [0.15, 0.2) is 12.7 Å². The van der Waals surface area contributed by atoms with E-state index in [1.54, 1.807) is 4.90 Å². The van der Waals surface area contributed by atoms with Crippen molar-refractivity contribution in [1.82, 2.24) is 10.2 Å². The summed E-state index contributed by atoms with van der Waals surface area (Å²) in [5.41, 5.74) is 0. The molecule has 112 valence electrons. The molecule has 20 heavy (non-hydrogen) atoms. The zero-order valence-corrected chi connectivity index (χ0v) is 12.6. The Hall–Kier alpha value is -1.32. The standard InChI is InChI=1S/C16H26N2O2/c1-4-8-11(2)18-12(3)15(19)17-14(16(18)20)13-9-6-5-7-10-13/h4,11-14H,1,5-10H2,2-3H3,(H,17,19). The van der Waals surface area contributed by atoms with Crippen LogP contribution in [0.5, 0.6) is 0 Å². The van der Waals surface area contributed by atoms with Crippen molar-refractivity contribution in [1.29, 1.82) is 0 Å². The predicted octanol–water partition coefficient (Wildman–Crippen LogP) is 2.25. The quantitative estimate of drug-likeness (QED) is 0.802. The van der Waals surface area contributed by atoms with Crippen LogP contribution in [0.4, 0.5) is 0 Å². The number of hydrogen-bond acceptors (Lipinski definition) is 2. The molecule has 2 fully saturated rings. The minimum atomic E-state index is -0.378. The Morgan fingerprint density at radius 2 is 2.00 bits per heavy atom. The van der Waals surface area contributed by atoms with Crippen molar-refractivity contribution in [3.05, 3.63) is 12.7 Å². The first-order valence-electron chi connectivity index (χ1n) is 7.79. The third-order valence-electron chi connectivity index (χ3n) is 4.72. The number of piperazine rings is 1. The molecule has 2 amide bonds. The van der Waals surface area contributed by atoms with Crippen LogP contribution >= 0.6 is 0 Å². The highest BCUT2D eigenvalue weighted by Crippen LogP contribution is 2.30. The molecule has 1 heterocycles. The first kappa shape index (κ1) is 15.1. The molecule has 2 aliphatic rings. The third-order valence-corrected chi connectivity index (χ3v) is 4.72. The summed E-state index contributed by atoms with van der Waals surface area (Å²) >= 11 is 0. The number of rotatable bonds is 4. The molecule has 3 unspecified atom stereocenters. The summed E-state index contributed by atoms with van der Waals surface area (Å²) < 4.78 is 0. The van der Waals surface area contributed by atoms with Gasteiger partial charge in [0.2, 0.25) is 11.8 Å². The fraction of sp³-hybridized carbons (Fsp3) is 0.750.